The predicted molar refractivity (Wildman–Crippen MR) is 71.1 cm³/mol. The van der Waals surface area contributed by atoms with E-state index >= 15 is 0 Å². The van der Waals surface area contributed by atoms with Gasteiger partial charge in [0.2, 0.25) is 0 Å². The van der Waals surface area contributed by atoms with Crippen molar-refractivity contribution >= 4 is 0 Å². The first kappa shape index (κ1) is 12.6. The van der Waals surface area contributed by atoms with Crippen LogP contribution in [0.3, 0.4) is 0 Å². The summed E-state index contributed by atoms with van der Waals surface area (Å²) in [6, 6.07) is 4.45. The summed E-state index contributed by atoms with van der Waals surface area (Å²) >= 11 is 0. The lowest BCUT2D eigenvalue weighted by Crippen LogP contribution is -2.28. The van der Waals surface area contributed by atoms with E-state index in [1.54, 1.807) is 0 Å². The molecule has 2 heteroatoms. The van der Waals surface area contributed by atoms with E-state index in [0.717, 1.165) is 13.1 Å². The summed E-state index contributed by atoms with van der Waals surface area (Å²) < 4.78 is 0. The maximum Gasteiger partial charge on any atom is 0.0692 e. The highest BCUT2D eigenvalue weighted by Gasteiger charge is 2.29. The zero-order chi connectivity index (χ0) is 12.4. The van der Waals surface area contributed by atoms with Gasteiger partial charge in [0.15, 0.2) is 0 Å². The van der Waals surface area contributed by atoms with Gasteiger partial charge in [-0.25, -0.2) is 0 Å². The first-order valence-corrected chi connectivity index (χ1v) is 6.53. The quantitative estimate of drug-likeness (QED) is 0.819. The molecule has 2 rings (SSSR count). The van der Waals surface area contributed by atoms with E-state index in [1.165, 1.54) is 35.1 Å². The van der Waals surface area contributed by atoms with E-state index in [4.69, 9.17) is 0 Å². The number of hydrogen-bond acceptors (Lipinski definition) is 2. The van der Waals surface area contributed by atoms with Gasteiger partial charge in [0.25, 0.3) is 0 Å². The molecular weight excluding hydrogens is 210 g/mol. The van der Waals surface area contributed by atoms with E-state index in [-0.39, 0.29) is 6.10 Å². The highest BCUT2D eigenvalue weighted by Crippen LogP contribution is 2.32. The molecule has 1 atom stereocenters. The molecule has 1 aromatic rings. The van der Waals surface area contributed by atoms with Gasteiger partial charge in [-0.1, -0.05) is 17.7 Å². The summed E-state index contributed by atoms with van der Waals surface area (Å²) in [7, 11) is 0. The Morgan fingerprint density at radius 1 is 1.24 bits per heavy atom. The van der Waals surface area contributed by atoms with Gasteiger partial charge in [0.1, 0.15) is 0 Å². The molecule has 1 aliphatic carbocycles. The topological polar surface area (TPSA) is 32.3 Å². The fraction of sp³-hybridized carbons (Fsp3) is 0.600. The van der Waals surface area contributed by atoms with Crippen molar-refractivity contribution in [2.24, 2.45) is 5.92 Å². The Morgan fingerprint density at radius 2 is 1.82 bits per heavy atom. The Balaban J connectivity index is 1.89. The van der Waals surface area contributed by atoms with Gasteiger partial charge in [-0.15, -0.1) is 0 Å². The van der Waals surface area contributed by atoms with E-state index < -0.39 is 0 Å². The molecule has 94 valence electrons. The third-order valence-corrected chi connectivity index (χ3v) is 3.66. The van der Waals surface area contributed by atoms with E-state index in [2.05, 4.69) is 38.2 Å². The van der Waals surface area contributed by atoms with E-state index in [9.17, 15) is 5.11 Å². The summed E-state index contributed by atoms with van der Waals surface area (Å²) in [5, 5.41) is 13.2. The van der Waals surface area contributed by atoms with Gasteiger partial charge in [0.05, 0.1) is 6.10 Å². The van der Waals surface area contributed by atoms with Crippen molar-refractivity contribution in [3.63, 3.8) is 0 Å². The van der Waals surface area contributed by atoms with Gasteiger partial charge in [-0.2, -0.15) is 0 Å². The molecule has 1 aromatic carbocycles. The molecule has 0 bridgehead atoms. The molecule has 2 N–H and O–H groups in total. The normalized spacial score (nSPS) is 17.2. The Kier molecular flexibility index (Phi) is 3.85. The van der Waals surface area contributed by atoms with Gasteiger partial charge < -0.3 is 10.4 Å². The van der Waals surface area contributed by atoms with Gasteiger partial charge >= 0.3 is 0 Å². The molecule has 1 unspecified atom stereocenters. The molecule has 1 fully saturated rings. The molecule has 1 saturated carbocycles. The molecule has 0 saturated heterocycles. The standard InChI is InChI=1S/C15H23NO/c1-10-6-11(2)14(12(3)7-10)8-16-9-15(17)13-4-5-13/h6-7,13,15-17H,4-5,8-9H2,1-3H3. The van der Waals surface area contributed by atoms with Gasteiger partial charge in [-0.05, 0) is 56.2 Å². The SMILES string of the molecule is Cc1cc(C)c(CNCC(O)C2CC2)c(C)c1. The average Bonchev–Trinajstić information content (AvgIpc) is 3.04. The van der Waals surface area contributed by atoms with E-state index in [1.807, 2.05) is 0 Å². The number of hydrogen-bond donors (Lipinski definition) is 2. The number of nitrogens with one attached hydrogen (secondary N) is 1. The Morgan fingerprint density at radius 3 is 2.35 bits per heavy atom. The van der Waals surface area contributed by atoms with Crippen molar-refractivity contribution in [3.05, 3.63) is 34.4 Å². The monoisotopic (exact) mass is 233 g/mol. The smallest absolute Gasteiger partial charge is 0.0692 e. The molecule has 1 aliphatic rings. The molecular formula is C15H23NO. The van der Waals surface area contributed by atoms with Crippen LogP contribution in [0.1, 0.15) is 35.1 Å². The predicted octanol–water partition coefficient (Wildman–Crippen LogP) is 2.47. The first-order valence-electron chi connectivity index (χ1n) is 6.53. The number of rotatable bonds is 5. The summed E-state index contributed by atoms with van der Waals surface area (Å²) in [5.74, 6) is 0.558. The Labute approximate surface area is 104 Å². The van der Waals surface area contributed by atoms with Crippen LogP contribution in [0.2, 0.25) is 0 Å². The molecule has 2 nitrogen and oxygen atoms in total. The van der Waals surface area contributed by atoms with Crippen LogP contribution in [0.4, 0.5) is 0 Å². The zero-order valence-electron chi connectivity index (χ0n) is 11.1. The summed E-state index contributed by atoms with van der Waals surface area (Å²) in [5.41, 5.74) is 5.38. The molecule has 0 spiro atoms. The van der Waals surface area contributed by atoms with Crippen LogP contribution in [-0.2, 0) is 6.54 Å². The fourth-order valence-electron chi connectivity index (χ4n) is 2.48. The number of aliphatic hydroxyl groups is 1. The second-order valence-electron chi connectivity index (χ2n) is 5.41. The van der Waals surface area contributed by atoms with Crippen LogP contribution in [0.25, 0.3) is 0 Å². The van der Waals surface area contributed by atoms with Gasteiger partial charge in [0, 0.05) is 13.1 Å². The van der Waals surface area contributed by atoms with Crippen molar-refractivity contribution < 1.29 is 5.11 Å². The minimum atomic E-state index is -0.152. The van der Waals surface area contributed by atoms with Crippen LogP contribution < -0.4 is 5.32 Å². The fourth-order valence-corrected chi connectivity index (χ4v) is 2.48. The lowest BCUT2D eigenvalue weighted by atomic mass is 10.00. The van der Waals surface area contributed by atoms with Gasteiger partial charge in [-0.3, -0.25) is 0 Å². The molecule has 0 aliphatic heterocycles. The maximum absolute atomic E-state index is 9.79. The molecule has 0 aromatic heterocycles. The summed E-state index contributed by atoms with van der Waals surface area (Å²) in [6.07, 6.45) is 2.25. The molecule has 17 heavy (non-hydrogen) atoms. The van der Waals surface area contributed by atoms with Crippen molar-refractivity contribution in [1.82, 2.24) is 5.32 Å². The van der Waals surface area contributed by atoms with Crippen molar-refractivity contribution in [3.8, 4) is 0 Å². The number of aliphatic hydroxyl groups excluding tert-OH is 1. The van der Waals surface area contributed by atoms with Crippen LogP contribution in [-0.4, -0.2) is 17.8 Å². The maximum atomic E-state index is 9.79. The Hall–Kier alpha value is -0.860. The van der Waals surface area contributed by atoms with Crippen LogP contribution in [0, 0.1) is 26.7 Å². The molecule has 0 heterocycles. The van der Waals surface area contributed by atoms with Crippen LogP contribution >= 0.6 is 0 Å². The zero-order valence-corrected chi connectivity index (χ0v) is 11.1. The lowest BCUT2D eigenvalue weighted by molar-refractivity contribution is 0.148. The third kappa shape index (κ3) is 3.30. The molecule has 0 amide bonds. The molecule has 0 radical (unpaired) electrons. The van der Waals surface area contributed by atoms with Crippen LogP contribution in [0.5, 0.6) is 0 Å². The highest BCUT2D eigenvalue weighted by molar-refractivity contribution is 5.37. The second-order valence-corrected chi connectivity index (χ2v) is 5.41. The van der Waals surface area contributed by atoms with Crippen molar-refractivity contribution in [1.29, 1.82) is 0 Å². The number of aryl methyl sites for hydroxylation is 3. The Bertz CT molecular complexity index is 373. The number of benzene rings is 1. The third-order valence-electron chi connectivity index (χ3n) is 3.66. The minimum absolute atomic E-state index is 0.152. The summed E-state index contributed by atoms with van der Waals surface area (Å²) in [4.78, 5) is 0. The summed E-state index contributed by atoms with van der Waals surface area (Å²) in [6.45, 7) is 8.04. The largest absolute Gasteiger partial charge is 0.392 e. The average molecular weight is 233 g/mol. The minimum Gasteiger partial charge on any atom is -0.392 e. The van der Waals surface area contributed by atoms with Crippen molar-refractivity contribution in [2.75, 3.05) is 6.54 Å². The highest BCUT2D eigenvalue weighted by atomic mass is 16.3. The van der Waals surface area contributed by atoms with E-state index in [0.29, 0.717) is 5.92 Å². The first-order chi connectivity index (χ1) is 8.08. The second kappa shape index (κ2) is 5.19. The van der Waals surface area contributed by atoms with Crippen molar-refractivity contribution in [2.45, 2.75) is 46.3 Å². The van der Waals surface area contributed by atoms with Crippen LogP contribution in [0.15, 0.2) is 12.1 Å². The lowest BCUT2D eigenvalue weighted by Gasteiger charge is -2.14.